The summed E-state index contributed by atoms with van der Waals surface area (Å²) in [6, 6.07) is 75.3. The molecule has 0 heterocycles. The van der Waals surface area contributed by atoms with Crippen LogP contribution in [0.5, 0.6) is 0 Å². The van der Waals surface area contributed by atoms with Crippen LogP contribution >= 0.6 is 0 Å². The highest BCUT2D eigenvalue weighted by molar-refractivity contribution is 6.12. The van der Waals surface area contributed by atoms with Crippen molar-refractivity contribution in [1.82, 2.24) is 0 Å². The second-order valence-corrected chi connectivity index (χ2v) is 50.8. The molecular formula is C133H170. The van der Waals surface area contributed by atoms with Gasteiger partial charge in [-0.05, 0) is 425 Å². The highest BCUT2D eigenvalue weighted by atomic mass is 14.7. The fraction of sp³-hybridized carbons (Fsp3) is 0.579. The molecule has 0 saturated heterocycles. The van der Waals surface area contributed by atoms with Gasteiger partial charge in [0.1, 0.15) is 0 Å². The summed E-state index contributed by atoms with van der Waals surface area (Å²) in [5, 5.41) is 5.52. The molecule has 0 aliphatic heterocycles. The van der Waals surface area contributed by atoms with Crippen molar-refractivity contribution in [3.63, 3.8) is 0 Å². The van der Waals surface area contributed by atoms with E-state index in [9.17, 15) is 0 Å². The Balaban J connectivity index is 0.546. The maximum absolute atomic E-state index is 2.84. The molecule has 133 heavy (non-hydrogen) atoms. The molecule has 10 aromatic carbocycles. The van der Waals surface area contributed by atoms with E-state index in [1.54, 1.807) is 22.3 Å². The lowest BCUT2D eigenvalue weighted by Gasteiger charge is -2.61. The average Bonchev–Trinajstić information content (AvgIpc) is 1.51. The van der Waals surface area contributed by atoms with Crippen LogP contribution in [0.25, 0.3) is 99.4 Å². The maximum Gasteiger partial charge on any atom is 0.0215 e. The smallest absolute Gasteiger partial charge is 0.0215 e. The molecule has 11 aliphatic carbocycles. The molecule has 0 spiro atoms. The predicted octanol–water partition coefficient (Wildman–Crippen LogP) is 39.5. The molecule has 0 heteroatoms. The van der Waals surface area contributed by atoms with Gasteiger partial charge in [-0.15, -0.1) is 0 Å². The summed E-state index contributed by atoms with van der Waals surface area (Å²) in [4.78, 5) is 0. The largest absolute Gasteiger partial charge is 0.0654 e. The van der Waals surface area contributed by atoms with Gasteiger partial charge in [0.2, 0.25) is 0 Å². The molecule has 0 N–H and O–H groups in total. The van der Waals surface area contributed by atoms with Gasteiger partial charge in [0.15, 0.2) is 0 Å². The lowest BCUT2D eigenvalue weighted by molar-refractivity contribution is -0.117. The minimum Gasteiger partial charge on any atom is -0.0654 e. The molecule has 18 atom stereocenters. The zero-order valence-electron chi connectivity index (χ0n) is 85.9. The van der Waals surface area contributed by atoms with Gasteiger partial charge in [0, 0.05) is 16.2 Å². The number of unbranched alkanes of at least 4 members (excludes halogenated alkanes) is 10. The first-order valence-electron chi connectivity index (χ1n) is 56.2. The molecule has 0 aromatic heterocycles. The predicted molar refractivity (Wildman–Crippen MR) is 572 cm³/mol. The van der Waals surface area contributed by atoms with Gasteiger partial charge < -0.3 is 0 Å². The summed E-state index contributed by atoms with van der Waals surface area (Å²) in [6.45, 7) is 41.2. The molecule has 21 rings (SSSR count). The third-order valence-corrected chi connectivity index (χ3v) is 42.4. The molecule has 2 unspecified atom stereocenters. The second-order valence-electron chi connectivity index (χ2n) is 50.8. The van der Waals surface area contributed by atoms with Crippen LogP contribution in [0.15, 0.2) is 182 Å². The summed E-state index contributed by atoms with van der Waals surface area (Å²) in [7, 11) is 0. The number of hydrogen-bond donors (Lipinski definition) is 0. The molecule has 11 aliphatic rings. The van der Waals surface area contributed by atoms with Gasteiger partial charge in [-0.3, -0.25) is 0 Å². The average molecular weight is 1770 g/mol. The molecule has 10 aromatic rings. The second kappa shape index (κ2) is 36.5. The van der Waals surface area contributed by atoms with Crippen LogP contribution in [0, 0.1) is 105 Å². The number of fused-ring (bicyclic) bond motifs is 23. The van der Waals surface area contributed by atoms with E-state index >= 15 is 0 Å². The Morgan fingerprint density at radius 2 is 0.609 bits per heavy atom. The third-order valence-electron chi connectivity index (χ3n) is 42.4. The molecule has 702 valence electrons. The quantitative estimate of drug-likeness (QED) is 0.0394. The molecule has 8 saturated carbocycles. The van der Waals surface area contributed by atoms with Crippen molar-refractivity contribution in [2.24, 2.45) is 105 Å². The molecule has 0 amide bonds. The first-order chi connectivity index (χ1) is 64.3. The Morgan fingerprint density at radius 1 is 0.278 bits per heavy atom. The first kappa shape index (κ1) is 92.1. The van der Waals surface area contributed by atoms with Crippen LogP contribution in [-0.4, -0.2) is 0 Å². The van der Waals surface area contributed by atoms with E-state index in [-0.39, 0.29) is 16.2 Å². The monoisotopic (exact) mass is 1770 g/mol. The number of benzene rings is 10. The number of rotatable bonds is 30. The van der Waals surface area contributed by atoms with Gasteiger partial charge in [0.25, 0.3) is 0 Å². The van der Waals surface area contributed by atoms with Gasteiger partial charge in [-0.2, -0.15) is 0 Å². The molecular weight excluding hydrogens is 1600 g/mol. The van der Waals surface area contributed by atoms with Crippen LogP contribution < -0.4 is 0 Å². The lowest BCUT2D eigenvalue weighted by atomic mass is 9.43. The van der Waals surface area contributed by atoms with Crippen LogP contribution in [0.1, 0.15) is 411 Å². The van der Waals surface area contributed by atoms with Crippen LogP contribution in [0.2, 0.25) is 0 Å². The van der Waals surface area contributed by atoms with Crippen molar-refractivity contribution >= 4 is 21.5 Å². The summed E-state index contributed by atoms with van der Waals surface area (Å²) in [5.41, 5.74) is 33.5. The SMILES string of the molecule is CCCCCCCCC1(CCCCCCCC)c2cc3c(cc2-c2cc4c(cc21)-c1c(cc(-c2ccc(-c5ccc(C6CC[C@@]7(C)[C@@H](CC[C@@H]8[C@@H]7CC[C@]7(C)[C@@H]([C@H](C)CCCC(C)C)CC[C@@H]87)C6)cc5)cc2)c2ccccc12)C4(C)C)C(C)(C)c1cc(-c2ccc(-c4ccc(C5CC[C@@]6(C)[C@@H](CC[C@@H]7[C@@H]6CC[C@]6(C)[C@@H]([C@H](C)CCCC(C)C)CC[C@@H]76)C5)cc4)cc2)c2ccccc2c1-3. The van der Waals surface area contributed by atoms with Crippen LogP contribution in [0.3, 0.4) is 0 Å². The van der Waals surface area contributed by atoms with Crippen molar-refractivity contribution in [2.45, 2.75) is 383 Å². The van der Waals surface area contributed by atoms with E-state index in [0.29, 0.717) is 33.5 Å². The fourth-order valence-corrected chi connectivity index (χ4v) is 34.9. The van der Waals surface area contributed by atoms with Crippen LogP contribution in [0.4, 0.5) is 0 Å². The van der Waals surface area contributed by atoms with Crippen LogP contribution in [-0.2, 0) is 16.2 Å². The molecule has 0 nitrogen and oxygen atoms in total. The Labute approximate surface area is 807 Å². The third kappa shape index (κ3) is 15.8. The van der Waals surface area contributed by atoms with Crippen molar-refractivity contribution in [2.75, 3.05) is 0 Å². The van der Waals surface area contributed by atoms with Gasteiger partial charge in [-0.25, -0.2) is 0 Å². The Bertz CT molecular complexity index is 5490. The van der Waals surface area contributed by atoms with E-state index in [4.69, 9.17) is 0 Å². The van der Waals surface area contributed by atoms with Gasteiger partial charge in [0.05, 0.1) is 0 Å². The minimum atomic E-state index is -0.227. The Kier molecular flexibility index (Phi) is 25.3. The maximum atomic E-state index is 2.84. The zero-order chi connectivity index (χ0) is 91.8. The van der Waals surface area contributed by atoms with Gasteiger partial charge in [-0.1, -0.05) is 372 Å². The zero-order valence-corrected chi connectivity index (χ0v) is 85.9. The highest BCUT2D eigenvalue weighted by Crippen LogP contribution is 2.73. The molecule has 8 fully saturated rings. The highest BCUT2D eigenvalue weighted by Gasteiger charge is 2.63. The first-order valence-corrected chi connectivity index (χ1v) is 56.2. The molecule has 0 bridgehead atoms. The Hall–Kier alpha value is -7.28. The number of hydrogen-bond acceptors (Lipinski definition) is 0. The summed E-state index contributed by atoms with van der Waals surface area (Å²) >= 11 is 0. The summed E-state index contributed by atoms with van der Waals surface area (Å²) < 4.78 is 0. The van der Waals surface area contributed by atoms with E-state index in [2.05, 4.69) is 293 Å². The topological polar surface area (TPSA) is 0 Å². The van der Waals surface area contributed by atoms with Crippen molar-refractivity contribution in [3.8, 4) is 77.9 Å². The van der Waals surface area contributed by atoms with E-state index < -0.39 is 0 Å². The van der Waals surface area contributed by atoms with E-state index in [0.717, 1.165) is 82.9 Å². The summed E-state index contributed by atoms with van der Waals surface area (Å²) in [6.07, 6.45) is 52.8. The molecule has 0 radical (unpaired) electrons. The van der Waals surface area contributed by atoms with Crippen molar-refractivity contribution < 1.29 is 0 Å². The minimum absolute atomic E-state index is 0.110. The lowest BCUT2D eigenvalue weighted by Crippen LogP contribution is -2.53. The standard InChI is InChI=1S/C133H170/c1-17-19-21-23-25-31-71-133(72-32-26-24-22-20-18-2)121-83-111-119(127(9,10)123-79-107(101-39-27-29-41-103(101)125(111)123)95-55-51-91(52-56-95)89-43-47-93(48-44-89)97-67-73-129(13)99(77-97)59-61-105-115-65-63-113(87(7)37-33-35-85(3)4)131(115,15)75-69-117(105)129)81-109(121)110-82-120-112(84-122(110)133)126-104-42-30-28-40-102(104)108(80-124(126)128(120,11)12)96-57-53-92(54-58-96)90-45-49-94(50-46-90)98-68-74-130(14)100(78-98)60-62-106-116-66-64-114(88(8)38-34-36-86(5)6)132(116,16)76-70-118(106)130/h27-30,39-58,79-88,97-100,105-106,113-118H,17-26,31-38,59-78H2,1-16H3/t87-,88-,97?,98?,99+,100+,105+,106+,113-,114-,115+,116+,117+,118+,129+,130+,131-,132-/m1/s1. The van der Waals surface area contributed by atoms with Crippen molar-refractivity contribution in [3.05, 3.63) is 226 Å². The summed E-state index contributed by atoms with van der Waals surface area (Å²) in [5.74, 6) is 14.1. The van der Waals surface area contributed by atoms with E-state index in [1.165, 1.54) is 366 Å². The van der Waals surface area contributed by atoms with E-state index in [1.807, 2.05) is 0 Å². The Morgan fingerprint density at radius 3 is 0.992 bits per heavy atom. The fourth-order valence-electron chi connectivity index (χ4n) is 34.9. The van der Waals surface area contributed by atoms with Gasteiger partial charge >= 0.3 is 0 Å². The van der Waals surface area contributed by atoms with Crippen molar-refractivity contribution in [1.29, 1.82) is 0 Å². The normalized spacial score (nSPS) is 29.6.